The summed E-state index contributed by atoms with van der Waals surface area (Å²) in [6.07, 6.45) is -2.30. The minimum Gasteiger partial charge on any atom is -0.391 e. The summed E-state index contributed by atoms with van der Waals surface area (Å²) < 4.78 is 3.89. The van der Waals surface area contributed by atoms with E-state index in [0.717, 1.165) is 0 Å². The summed E-state index contributed by atoms with van der Waals surface area (Å²) in [4.78, 5) is 20.6. The van der Waals surface area contributed by atoms with Gasteiger partial charge in [-0.2, -0.15) is 0 Å². The number of hydrogen-bond acceptors (Lipinski definition) is 5. The second-order valence-electron chi connectivity index (χ2n) is 2.01. The molecular formula is C5H10N2O4. The van der Waals surface area contributed by atoms with E-state index in [0.29, 0.717) is 0 Å². The molecule has 0 heterocycles. The molecule has 5 N–H and O–H groups in total. The first-order valence-corrected chi connectivity index (χ1v) is 2.90. The first kappa shape index (κ1) is 9.86. The van der Waals surface area contributed by atoms with Gasteiger partial charge in [0.2, 0.25) is 0 Å². The molecule has 0 aromatic rings. The molecular weight excluding hydrogens is 152 g/mol. The second kappa shape index (κ2) is 3.89. The highest BCUT2D eigenvalue weighted by atomic mass is 16.6. The predicted molar refractivity (Wildman–Crippen MR) is 35.3 cm³/mol. The van der Waals surface area contributed by atoms with Crippen LogP contribution in [0.3, 0.4) is 0 Å². The van der Waals surface area contributed by atoms with Crippen molar-refractivity contribution in [2.75, 3.05) is 0 Å². The summed E-state index contributed by atoms with van der Waals surface area (Å²) in [5.41, 5.74) is 9.59. The molecule has 0 spiro atoms. The number of primary amides is 1. The molecule has 0 aliphatic heterocycles. The van der Waals surface area contributed by atoms with Crippen molar-refractivity contribution in [3.8, 4) is 0 Å². The molecule has 64 valence electrons. The molecule has 0 radical (unpaired) electrons. The van der Waals surface area contributed by atoms with E-state index < -0.39 is 24.2 Å². The van der Waals surface area contributed by atoms with Gasteiger partial charge in [-0.15, -0.1) is 0 Å². The molecule has 0 aliphatic rings. The van der Waals surface area contributed by atoms with E-state index in [1.807, 2.05) is 0 Å². The number of carbonyl (C=O) groups excluding carboxylic acids is 2. The second-order valence-corrected chi connectivity index (χ2v) is 2.01. The number of hydrogen-bond donors (Lipinski definition) is 3. The van der Waals surface area contributed by atoms with E-state index in [9.17, 15) is 9.59 Å². The standard InChI is InChI=1S/C5H10N2O4/c1-2(8)3(6)4(9)11-5(7)10/h2-3,8H,6H2,1H3,(H2,7,10). The van der Waals surface area contributed by atoms with Gasteiger partial charge >= 0.3 is 12.1 Å². The highest BCUT2D eigenvalue weighted by Gasteiger charge is 2.21. The van der Waals surface area contributed by atoms with Gasteiger partial charge in [0, 0.05) is 0 Å². The van der Waals surface area contributed by atoms with E-state index in [4.69, 9.17) is 10.8 Å². The third kappa shape index (κ3) is 3.54. The summed E-state index contributed by atoms with van der Waals surface area (Å²) >= 11 is 0. The zero-order chi connectivity index (χ0) is 9.02. The van der Waals surface area contributed by atoms with Crippen molar-refractivity contribution in [3.05, 3.63) is 0 Å². The fourth-order valence-electron chi connectivity index (χ4n) is 0.364. The van der Waals surface area contributed by atoms with Crippen molar-refractivity contribution >= 4 is 12.1 Å². The highest BCUT2D eigenvalue weighted by molar-refractivity contribution is 5.87. The Kier molecular flexibility index (Phi) is 3.49. The first-order valence-electron chi connectivity index (χ1n) is 2.90. The summed E-state index contributed by atoms with van der Waals surface area (Å²) in [6.45, 7) is 1.30. The van der Waals surface area contributed by atoms with E-state index in [-0.39, 0.29) is 0 Å². The molecule has 6 nitrogen and oxygen atoms in total. The van der Waals surface area contributed by atoms with Crippen molar-refractivity contribution in [1.29, 1.82) is 0 Å². The molecule has 1 amide bonds. The molecule has 0 bridgehead atoms. The van der Waals surface area contributed by atoms with E-state index in [2.05, 4.69) is 10.5 Å². The van der Waals surface area contributed by atoms with Gasteiger partial charge in [-0.25, -0.2) is 9.59 Å². The van der Waals surface area contributed by atoms with Crippen LogP contribution in [-0.2, 0) is 9.53 Å². The summed E-state index contributed by atoms with van der Waals surface area (Å²) in [5, 5.41) is 8.73. The Hall–Kier alpha value is -1.14. The lowest BCUT2D eigenvalue weighted by Gasteiger charge is -2.10. The van der Waals surface area contributed by atoms with Crippen LogP contribution in [0.15, 0.2) is 0 Å². The fraction of sp³-hybridized carbons (Fsp3) is 0.600. The minimum absolute atomic E-state index is 1.03. The van der Waals surface area contributed by atoms with Gasteiger partial charge < -0.3 is 21.3 Å². The number of amides is 1. The van der Waals surface area contributed by atoms with Crippen LogP contribution >= 0.6 is 0 Å². The molecule has 0 aliphatic carbocycles. The van der Waals surface area contributed by atoms with Crippen molar-refractivity contribution in [3.63, 3.8) is 0 Å². The van der Waals surface area contributed by atoms with Gasteiger partial charge in [-0.1, -0.05) is 0 Å². The van der Waals surface area contributed by atoms with E-state index in [1.54, 1.807) is 0 Å². The van der Waals surface area contributed by atoms with E-state index in [1.165, 1.54) is 6.92 Å². The molecule has 0 aromatic heterocycles. The van der Waals surface area contributed by atoms with Crippen molar-refractivity contribution in [2.45, 2.75) is 19.1 Å². The average molecular weight is 162 g/mol. The monoisotopic (exact) mass is 162 g/mol. The van der Waals surface area contributed by atoms with Gasteiger partial charge in [-0.3, -0.25) is 0 Å². The first-order chi connectivity index (χ1) is 4.95. The Balaban J connectivity index is 3.93. The topological polar surface area (TPSA) is 116 Å². The number of esters is 1. The maximum absolute atomic E-state index is 10.6. The van der Waals surface area contributed by atoms with Gasteiger partial charge in [0.05, 0.1) is 6.10 Å². The lowest BCUT2D eigenvalue weighted by Crippen LogP contribution is -2.42. The Bertz CT molecular complexity index is 168. The molecule has 2 unspecified atom stereocenters. The van der Waals surface area contributed by atoms with Crippen LogP contribution in [0, 0.1) is 0 Å². The highest BCUT2D eigenvalue weighted by Crippen LogP contribution is 1.91. The normalized spacial score (nSPS) is 15.2. The Morgan fingerprint density at radius 2 is 2.00 bits per heavy atom. The van der Waals surface area contributed by atoms with E-state index >= 15 is 0 Å². The van der Waals surface area contributed by atoms with Crippen LogP contribution in [-0.4, -0.2) is 29.3 Å². The molecule has 0 aromatic carbocycles. The van der Waals surface area contributed by atoms with Gasteiger partial charge in [-0.05, 0) is 6.92 Å². The molecule has 6 heteroatoms. The molecule has 2 atom stereocenters. The molecule has 0 saturated carbocycles. The quantitative estimate of drug-likeness (QED) is 0.331. The SMILES string of the molecule is CC(O)C(N)C(=O)OC(N)=O. The maximum Gasteiger partial charge on any atom is 0.412 e. The number of nitrogens with two attached hydrogens (primary N) is 2. The average Bonchev–Trinajstić information content (AvgIpc) is 1.84. The Morgan fingerprint density at radius 3 is 2.27 bits per heavy atom. The summed E-state index contributed by atoms with van der Waals surface area (Å²) in [5.74, 6) is -1.03. The van der Waals surface area contributed by atoms with Crippen molar-refractivity contribution < 1.29 is 19.4 Å². The van der Waals surface area contributed by atoms with Crippen LogP contribution in [0.25, 0.3) is 0 Å². The third-order valence-corrected chi connectivity index (χ3v) is 0.993. The number of aliphatic hydroxyl groups excluding tert-OH is 1. The van der Waals surface area contributed by atoms with Crippen LogP contribution in [0.5, 0.6) is 0 Å². The lowest BCUT2D eigenvalue weighted by atomic mass is 10.2. The summed E-state index contributed by atoms with van der Waals surface area (Å²) in [6, 6.07) is -1.23. The van der Waals surface area contributed by atoms with Crippen molar-refractivity contribution in [2.24, 2.45) is 11.5 Å². The van der Waals surface area contributed by atoms with Gasteiger partial charge in [0.25, 0.3) is 0 Å². The summed E-state index contributed by atoms with van der Waals surface area (Å²) in [7, 11) is 0. The molecule has 0 fully saturated rings. The zero-order valence-corrected chi connectivity index (χ0v) is 5.98. The Labute approximate surface area is 63.1 Å². The van der Waals surface area contributed by atoms with Gasteiger partial charge in [0.1, 0.15) is 6.04 Å². The fourth-order valence-corrected chi connectivity index (χ4v) is 0.364. The Morgan fingerprint density at radius 1 is 1.55 bits per heavy atom. The van der Waals surface area contributed by atoms with Crippen LogP contribution in [0.2, 0.25) is 0 Å². The lowest BCUT2D eigenvalue weighted by molar-refractivity contribution is -0.140. The smallest absolute Gasteiger partial charge is 0.391 e. The predicted octanol–water partition coefficient (Wildman–Crippen LogP) is -1.68. The number of ether oxygens (including phenoxy) is 1. The minimum atomic E-state index is -1.23. The van der Waals surface area contributed by atoms with Crippen LogP contribution in [0.1, 0.15) is 6.92 Å². The van der Waals surface area contributed by atoms with Crippen LogP contribution < -0.4 is 11.5 Å². The van der Waals surface area contributed by atoms with Gasteiger partial charge in [0.15, 0.2) is 0 Å². The largest absolute Gasteiger partial charge is 0.412 e. The molecule has 11 heavy (non-hydrogen) atoms. The molecule has 0 rings (SSSR count). The number of carbonyl (C=O) groups is 2. The van der Waals surface area contributed by atoms with Crippen LogP contribution in [0.4, 0.5) is 4.79 Å². The molecule has 0 saturated heterocycles. The maximum atomic E-state index is 10.6. The third-order valence-electron chi connectivity index (χ3n) is 0.993. The number of rotatable bonds is 2. The zero-order valence-electron chi connectivity index (χ0n) is 5.98. The van der Waals surface area contributed by atoms with Crippen molar-refractivity contribution in [1.82, 2.24) is 0 Å². The number of aliphatic hydroxyl groups is 1.